The molecule has 16 heavy (non-hydrogen) atoms. The highest BCUT2D eigenvalue weighted by Crippen LogP contribution is 2.15. The Morgan fingerprint density at radius 2 is 2.19 bits per heavy atom. The topological polar surface area (TPSA) is 94.8 Å². The van der Waals surface area contributed by atoms with Crippen molar-refractivity contribution in [1.29, 1.82) is 0 Å². The van der Waals surface area contributed by atoms with Gasteiger partial charge in [0.25, 0.3) is 5.56 Å². The van der Waals surface area contributed by atoms with E-state index in [1.54, 1.807) is 11.4 Å². The molecule has 0 atom stereocenters. The quantitative estimate of drug-likeness (QED) is 0.734. The summed E-state index contributed by atoms with van der Waals surface area (Å²) in [6.45, 7) is 0.0545. The summed E-state index contributed by atoms with van der Waals surface area (Å²) in [7, 11) is -3.47. The molecule has 2 rings (SSSR count). The van der Waals surface area contributed by atoms with Crippen molar-refractivity contribution in [3.05, 3.63) is 39.6 Å². The van der Waals surface area contributed by atoms with E-state index in [2.05, 4.69) is 14.9 Å². The van der Waals surface area contributed by atoms with E-state index in [9.17, 15) is 13.2 Å². The van der Waals surface area contributed by atoms with Gasteiger partial charge < -0.3 is 5.10 Å². The van der Waals surface area contributed by atoms with Crippen LogP contribution >= 0.6 is 11.3 Å². The second-order valence-electron chi connectivity index (χ2n) is 3.04. The molecule has 2 aromatic rings. The SMILES string of the molecule is O=c1cc(CNS(=O)(=O)c2cccs2)[nH][nH]1. The molecule has 2 heterocycles. The molecule has 0 saturated carbocycles. The van der Waals surface area contributed by atoms with Crippen LogP contribution in [0.25, 0.3) is 0 Å². The molecular formula is C8H9N3O3S2. The fourth-order valence-corrected chi connectivity index (χ4v) is 3.17. The number of hydrogen-bond acceptors (Lipinski definition) is 4. The largest absolute Gasteiger partial charge is 0.301 e. The van der Waals surface area contributed by atoms with Gasteiger partial charge in [0.1, 0.15) is 4.21 Å². The van der Waals surface area contributed by atoms with E-state index < -0.39 is 10.0 Å². The summed E-state index contributed by atoms with van der Waals surface area (Å²) in [6, 6.07) is 4.49. The lowest BCUT2D eigenvalue weighted by molar-refractivity contribution is 0.582. The standard InChI is InChI=1S/C8H9N3O3S2/c12-7-4-6(10-11-7)5-9-16(13,14)8-2-1-3-15-8/h1-4,9H,5H2,(H2,10,11,12). The molecule has 0 aliphatic rings. The molecule has 0 unspecified atom stereocenters. The summed E-state index contributed by atoms with van der Waals surface area (Å²) in [6.07, 6.45) is 0. The summed E-state index contributed by atoms with van der Waals surface area (Å²) in [5, 5.41) is 6.58. The Bertz CT molecular complexity index is 609. The summed E-state index contributed by atoms with van der Waals surface area (Å²) < 4.78 is 26.0. The maximum absolute atomic E-state index is 11.7. The summed E-state index contributed by atoms with van der Waals surface area (Å²) >= 11 is 1.14. The molecule has 6 nitrogen and oxygen atoms in total. The lowest BCUT2D eigenvalue weighted by Gasteiger charge is -2.02. The van der Waals surface area contributed by atoms with E-state index in [1.807, 2.05) is 0 Å². The van der Waals surface area contributed by atoms with Gasteiger partial charge in [0.05, 0.1) is 12.2 Å². The molecule has 0 spiro atoms. The van der Waals surface area contributed by atoms with Crippen molar-refractivity contribution in [3.8, 4) is 0 Å². The predicted octanol–water partition coefficient (Wildman–Crippen LogP) is 0.243. The molecule has 0 amide bonds. The second-order valence-corrected chi connectivity index (χ2v) is 5.98. The average molecular weight is 259 g/mol. The van der Waals surface area contributed by atoms with E-state index in [-0.39, 0.29) is 16.3 Å². The first-order valence-electron chi connectivity index (χ1n) is 4.38. The van der Waals surface area contributed by atoms with Crippen LogP contribution in [0.2, 0.25) is 0 Å². The fraction of sp³-hybridized carbons (Fsp3) is 0.125. The van der Waals surface area contributed by atoms with Gasteiger partial charge in [-0.2, -0.15) is 0 Å². The number of sulfonamides is 1. The van der Waals surface area contributed by atoms with Crippen LogP contribution in [-0.4, -0.2) is 18.6 Å². The Hall–Kier alpha value is -1.38. The minimum absolute atomic E-state index is 0.0545. The van der Waals surface area contributed by atoms with Gasteiger partial charge in [-0.15, -0.1) is 11.3 Å². The Kier molecular flexibility index (Phi) is 2.95. The van der Waals surface area contributed by atoms with Crippen molar-refractivity contribution in [3.63, 3.8) is 0 Å². The lowest BCUT2D eigenvalue weighted by Crippen LogP contribution is -2.22. The maximum atomic E-state index is 11.7. The van der Waals surface area contributed by atoms with E-state index in [1.165, 1.54) is 12.1 Å². The van der Waals surface area contributed by atoms with Gasteiger partial charge in [-0.25, -0.2) is 13.1 Å². The highest BCUT2D eigenvalue weighted by Gasteiger charge is 2.14. The first-order valence-corrected chi connectivity index (χ1v) is 6.74. The number of aromatic nitrogens is 2. The van der Waals surface area contributed by atoms with Gasteiger partial charge in [0, 0.05) is 6.07 Å². The van der Waals surface area contributed by atoms with Crippen molar-refractivity contribution in [2.45, 2.75) is 10.8 Å². The number of thiophene rings is 1. The third-order valence-corrected chi connectivity index (χ3v) is 4.66. The molecule has 0 radical (unpaired) electrons. The molecule has 3 N–H and O–H groups in total. The number of rotatable bonds is 4. The first kappa shape index (κ1) is 11.1. The number of aromatic amines is 2. The fourth-order valence-electron chi connectivity index (χ4n) is 1.13. The van der Waals surface area contributed by atoms with Gasteiger partial charge in [-0.1, -0.05) is 6.07 Å². The van der Waals surface area contributed by atoms with Crippen LogP contribution in [0.15, 0.2) is 32.6 Å². The van der Waals surface area contributed by atoms with Crippen LogP contribution in [0.5, 0.6) is 0 Å². The molecule has 8 heteroatoms. The Morgan fingerprint density at radius 3 is 2.75 bits per heavy atom. The second kappa shape index (κ2) is 4.24. The van der Waals surface area contributed by atoms with Crippen LogP contribution in [0, 0.1) is 0 Å². The average Bonchev–Trinajstić information content (AvgIpc) is 2.85. The van der Waals surface area contributed by atoms with Crippen LogP contribution in [0.4, 0.5) is 0 Å². The zero-order chi connectivity index (χ0) is 11.6. The van der Waals surface area contributed by atoms with Crippen molar-refractivity contribution in [2.75, 3.05) is 0 Å². The van der Waals surface area contributed by atoms with E-state index in [0.29, 0.717) is 5.69 Å². The van der Waals surface area contributed by atoms with Crippen LogP contribution < -0.4 is 10.3 Å². The van der Waals surface area contributed by atoms with Gasteiger partial charge in [-0.3, -0.25) is 9.89 Å². The van der Waals surface area contributed by atoms with Crippen molar-refractivity contribution in [1.82, 2.24) is 14.9 Å². The third kappa shape index (κ3) is 2.40. The van der Waals surface area contributed by atoms with Gasteiger partial charge in [0.2, 0.25) is 10.0 Å². The van der Waals surface area contributed by atoms with E-state index in [4.69, 9.17) is 0 Å². The van der Waals surface area contributed by atoms with Crippen molar-refractivity contribution >= 4 is 21.4 Å². The Balaban J connectivity index is 2.09. The summed E-state index contributed by atoms with van der Waals surface area (Å²) in [5.41, 5.74) is 0.204. The van der Waals surface area contributed by atoms with Gasteiger partial charge >= 0.3 is 0 Å². The predicted molar refractivity (Wildman–Crippen MR) is 59.8 cm³/mol. The van der Waals surface area contributed by atoms with Gasteiger partial charge in [-0.05, 0) is 11.4 Å². The molecule has 0 aliphatic carbocycles. The lowest BCUT2D eigenvalue weighted by atomic mass is 10.4. The summed E-state index contributed by atoms with van der Waals surface area (Å²) in [5.74, 6) is 0. The molecule has 86 valence electrons. The molecule has 0 bridgehead atoms. The molecule has 0 fully saturated rings. The van der Waals surface area contributed by atoms with Crippen LogP contribution in [-0.2, 0) is 16.6 Å². The molecule has 2 aromatic heterocycles. The zero-order valence-electron chi connectivity index (χ0n) is 8.06. The molecule has 0 aliphatic heterocycles. The minimum Gasteiger partial charge on any atom is -0.301 e. The van der Waals surface area contributed by atoms with Gasteiger partial charge in [0.15, 0.2) is 0 Å². The molecule has 0 aromatic carbocycles. The van der Waals surface area contributed by atoms with Crippen LogP contribution in [0.3, 0.4) is 0 Å². The van der Waals surface area contributed by atoms with Crippen molar-refractivity contribution in [2.24, 2.45) is 0 Å². The van der Waals surface area contributed by atoms with E-state index >= 15 is 0 Å². The zero-order valence-corrected chi connectivity index (χ0v) is 9.69. The summed E-state index contributed by atoms with van der Waals surface area (Å²) in [4.78, 5) is 10.8. The highest BCUT2D eigenvalue weighted by atomic mass is 32.2. The third-order valence-electron chi connectivity index (χ3n) is 1.86. The van der Waals surface area contributed by atoms with Crippen molar-refractivity contribution < 1.29 is 8.42 Å². The number of H-pyrrole nitrogens is 2. The molecular weight excluding hydrogens is 250 g/mol. The Labute approximate surface area is 95.4 Å². The smallest absolute Gasteiger partial charge is 0.264 e. The number of hydrogen-bond donors (Lipinski definition) is 3. The minimum atomic E-state index is -3.47. The highest BCUT2D eigenvalue weighted by molar-refractivity contribution is 7.91. The normalized spacial score (nSPS) is 11.8. The Morgan fingerprint density at radius 1 is 1.38 bits per heavy atom. The number of nitrogens with one attached hydrogen (secondary N) is 3. The molecule has 0 saturated heterocycles. The van der Waals surface area contributed by atoms with Crippen LogP contribution in [0.1, 0.15) is 5.69 Å². The monoisotopic (exact) mass is 259 g/mol. The maximum Gasteiger partial charge on any atom is 0.264 e. The first-order chi connectivity index (χ1) is 7.58. The van der Waals surface area contributed by atoms with E-state index in [0.717, 1.165) is 11.3 Å².